The lowest BCUT2D eigenvalue weighted by Gasteiger charge is -2.18. The zero-order valence-electron chi connectivity index (χ0n) is 13.2. The molecule has 4 nitrogen and oxygen atoms in total. The topological polar surface area (TPSA) is 41.6 Å². The summed E-state index contributed by atoms with van der Waals surface area (Å²) in [5.74, 6) is 0.632. The lowest BCUT2D eigenvalue weighted by atomic mass is 10.1. The van der Waals surface area contributed by atoms with Crippen LogP contribution in [0, 0.1) is 0 Å². The molecule has 0 aliphatic heterocycles. The molecular weight excluding hydrogens is 312 g/mol. The monoisotopic (exact) mass is 332 g/mol. The van der Waals surface area contributed by atoms with Gasteiger partial charge in [0.2, 0.25) is 0 Å². The lowest BCUT2D eigenvalue weighted by molar-refractivity contribution is 0.195. The number of hydrogen-bond acceptors (Lipinski definition) is 2. The average Bonchev–Trinajstić information content (AvgIpc) is 2.57. The Kier molecular flexibility index (Phi) is 6.76. The molecule has 23 heavy (non-hydrogen) atoms. The molecule has 0 fully saturated rings. The first-order valence-electron chi connectivity index (χ1n) is 7.57. The Bertz CT molecular complexity index is 619. The van der Waals surface area contributed by atoms with Crippen molar-refractivity contribution in [2.75, 3.05) is 26.7 Å². The van der Waals surface area contributed by atoms with Gasteiger partial charge >= 0.3 is 6.03 Å². The molecule has 122 valence electrons. The molecule has 5 heteroatoms. The third-order valence-corrected chi connectivity index (χ3v) is 3.71. The number of hydrogen-bond donors (Lipinski definition) is 1. The molecule has 0 atom stereocenters. The Morgan fingerprint density at radius 3 is 2.57 bits per heavy atom. The van der Waals surface area contributed by atoms with E-state index < -0.39 is 0 Å². The highest BCUT2D eigenvalue weighted by Crippen LogP contribution is 2.22. The molecule has 0 unspecified atom stereocenters. The first-order chi connectivity index (χ1) is 11.2. The van der Waals surface area contributed by atoms with E-state index >= 15 is 0 Å². The summed E-state index contributed by atoms with van der Waals surface area (Å²) >= 11 is 6.01. The van der Waals surface area contributed by atoms with Crippen LogP contribution in [0.5, 0.6) is 5.75 Å². The van der Waals surface area contributed by atoms with Crippen molar-refractivity contribution in [3.05, 3.63) is 65.2 Å². The molecule has 0 aromatic heterocycles. The van der Waals surface area contributed by atoms with Gasteiger partial charge in [-0.25, -0.2) is 4.79 Å². The molecule has 2 aromatic carbocycles. The van der Waals surface area contributed by atoms with Crippen molar-refractivity contribution in [2.45, 2.75) is 6.42 Å². The van der Waals surface area contributed by atoms with Gasteiger partial charge in [0, 0.05) is 13.6 Å². The molecule has 1 N–H and O–H groups in total. The van der Waals surface area contributed by atoms with Gasteiger partial charge < -0.3 is 15.0 Å². The highest BCUT2D eigenvalue weighted by molar-refractivity contribution is 6.32. The number of carbonyl (C=O) groups is 1. The maximum atomic E-state index is 12.0. The summed E-state index contributed by atoms with van der Waals surface area (Å²) in [7, 11) is 1.74. The molecule has 2 aromatic rings. The highest BCUT2D eigenvalue weighted by Gasteiger charge is 2.08. The molecule has 0 radical (unpaired) electrons. The average molecular weight is 333 g/mol. The highest BCUT2D eigenvalue weighted by atomic mass is 35.5. The molecule has 2 rings (SSSR count). The summed E-state index contributed by atoms with van der Waals surface area (Å²) in [6.07, 6.45) is 0.816. The van der Waals surface area contributed by atoms with Crippen LogP contribution in [0.1, 0.15) is 5.56 Å². The van der Waals surface area contributed by atoms with Crippen molar-refractivity contribution in [3.8, 4) is 5.75 Å². The summed E-state index contributed by atoms with van der Waals surface area (Å²) in [6.45, 7) is 1.49. The fourth-order valence-electron chi connectivity index (χ4n) is 2.05. The van der Waals surface area contributed by atoms with Crippen LogP contribution in [0.4, 0.5) is 4.79 Å². The second-order valence-corrected chi connectivity index (χ2v) is 5.58. The predicted octanol–water partition coefficient (Wildman–Crippen LogP) is 3.60. The number of para-hydroxylation sites is 1. The van der Waals surface area contributed by atoms with Crippen LogP contribution in [-0.4, -0.2) is 37.7 Å². The predicted molar refractivity (Wildman–Crippen MR) is 93.1 cm³/mol. The number of halogens is 1. The summed E-state index contributed by atoms with van der Waals surface area (Å²) < 4.78 is 5.58. The molecule has 0 aliphatic carbocycles. The van der Waals surface area contributed by atoms with E-state index in [-0.39, 0.29) is 6.03 Å². The van der Waals surface area contributed by atoms with Crippen molar-refractivity contribution in [3.63, 3.8) is 0 Å². The van der Waals surface area contributed by atoms with E-state index in [1.807, 2.05) is 48.5 Å². The van der Waals surface area contributed by atoms with E-state index in [1.165, 1.54) is 5.56 Å². The largest absolute Gasteiger partial charge is 0.490 e. The van der Waals surface area contributed by atoms with Crippen LogP contribution >= 0.6 is 11.6 Å². The zero-order chi connectivity index (χ0) is 16.5. The van der Waals surface area contributed by atoms with E-state index in [2.05, 4.69) is 5.32 Å². The Balaban J connectivity index is 1.66. The number of rotatable bonds is 7. The number of carbonyl (C=O) groups excluding carboxylic acids is 1. The molecular formula is C18H21ClN2O2. The van der Waals surface area contributed by atoms with Crippen molar-refractivity contribution < 1.29 is 9.53 Å². The minimum absolute atomic E-state index is 0.108. The van der Waals surface area contributed by atoms with E-state index in [0.717, 1.165) is 6.42 Å². The van der Waals surface area contributed by atoms with E-state index in [9.17, 15) is 4.79 Å². The Morgan fingerprint density at radius 1 is 1.13 bits per heavy atom. The molecule has 0 saturated carbocycles. The Hall–Kier alpha value is -2.20. The van der Waals surface area contributed by atoms with Crippen LogP contribution in [0.15, 0.2) is 54.6 Å². The maximum absolute atomic E-state index is 12.0. The van der Waals surface area contributed by atoms with Gasteiger partial charge in [-0.2, -0.15) is 0 Å². The number of nitrogens with zero attached hydrogens (tertiary/aromatic N) is 1. The van der Waals surface area contributed by atoms with Gasteiger partial charge in [0.15, 0.2) is 0 Å². The standard InChI is InChI=1S/C18H21ClN2O2/c1-21(13-14-23-17-10-6-5-9-16(17)19)18(22)20-12-11-15-7-3-2-4-8-15/h2-10H,11-14H2,1H3,(H,20,22). The quantitative estimate of drug-likeness (QED) is 0.841. The van der Waals surface area contributed by atoms with E-state index in [0.29, 0.717) is 30.5 Å². The van der Waals surface area contributed by atoms with Crippen molar-refractivity contribution in [2.24, 2.45) is 0 Å². The third kappa shape index (κ3) is 5.83. The van der Waals surface area contributed by atoms with Crippen LogP contribution in [0.3, 0.4) is 0 Å². The maximum Gasteiger partial charge on any atom is 0.317 e. The Labute approximate surface area is 142 Å². The molecule has 0 spiro atoms. The fraction of sp³-hybridized carbons (Fsp3) is 0.278. The number of nitrogens with one attached hydrogen (secondary N) is 1. The molecule has 0 heterocycles. The lowest BCUT2D eigenvalue weighted by Crippen LogP contribution is -2.40. The summed E-state index contributed by atoms with van der Waals surface area (Å²) in [6, 6.07) is 17.3. The van der Waals surface area contributed by atoms with Crippen LogP contribution in [-0.2, 0) is 6.42 Å². The Morgan fingerprint density at radius 2 is 1.83 bits per heavy atom. The first kappa shape index (κ1) is 17.2. The summed E-state index contributed by atoms with van der Waals surface area (Å²) in [5, 5.41) is 3.47. The van der Waals surface area contributed by atoms with Gasteiger partial charge in [-0.1, -0.05) is 54.1 Å². The van der Waals surface area contributed by atoms with E-state index in [1.54, 1.807) is 18.0 Å². The summed E-state index contributed by atoms with van der Waals surface area (Å²) in [5.41, 5.74) is 1.21. The van der Waals surface area contributed by atoms with E-state index in [4.69, 9.17) is 16.3 Å². The van der Waals surface area contributed by atoms with Crippen LogP contribution in [0.25, 0.3) is 0 Å². The van der Waals surface area contributed by atoms with Crippen LogP contribution in [0.2, 0.25) is 5.02 Å². The minimum atomic E-state index is -0.108. The third-order valence-electron chi connectivity index (χ3n) is 3.40. The van der Waals surface area contributed by atoms with Gasteiger partial charge in [-0.05, 0) is 24.1 Å². The number of likely N-dealkylation sites (N-methyl/N-ethyl adjacent to an activating group) is 1. The second kappa shape index (κ2) is 9.06. The first-order valence-corrected chi connectivity index (χ1v) is 7.95. The van der Waals surface area contributed by atoms with Gasteiger partial charge in [0.1, 0.15) is 12.4 Å². The summed E-state index contributed by atoms with van der Waals surface area (Å²) in [4.78, 5) is 13.6. The fourth-order valence-corrected chi connectivity index (χ4v) is 2.24. The van der Waals surface area contributed by atoms with Crippen molar-refractivity contribution in [1.82, 2.24) is 10.2 Å². The van der Waals surface area contributed by atoms with Gasteiger partial charge in [-0.15, -0.1) is 0 Å². The van der Waals surface area contributed by atoms with Gasteiger partial charge in [0.25, 0.3) is 0 Å². The van der Waals surface area contributed by atoms with Gasteiger partial charge in [0.05, 0.1) is 11.6 Å². The minimum Gasteiger partial charge on any atom is -0.490 e. The molecule has 2 amide bonds. The number of amides is 2. The van der Waals surface area contributed by atoms with Gasteiger partial charge in [-0.3, -0.25) is 0 Å². The normalized spacial score (nSPS) is 10.2. The smallest absolute Gasteiger partial charge is 0.317 e. The zero-order valence-corrected chi connectivity index (χ0v) is 13.9. The molecule has 0 aliphatic rings. The second-order valence-electron chi connectivity index (χ2n) is 5.17. The SMILES string of the molecule is CN(CCOc1ccccc1Cl)C(=O)NCCc1ccccc1. The van der Waals surface area contributed by atoms with Crippen molar-refractivity contribution >= 4 is 17.6 Å². The number of benzene rings is 2. The number of ether oxygens (including phenoxy) is 1. The molecule has 0 bridgehead atoms. The number of urea groups is 1. The molecule has 0 saturated heterocycles. The van der Waals surface area contributed by atoms with Crippen molar-refractivity contribution in [1.29, 1.82) is 0 Å². The van der Waals surface area contributed by atoms with Crippen LogP contribution < -0.4 is 10.1 Å².